The van der Waals surface area contributed by atoms with Gasteiger partial charge < -0.3 is 15.0 Å². The Bertz CT molecular complexity index is 783. The summed E-state index contributed by atoms with van der Waals surface area (Å²) in [6.07, 6.45) is 3.90. The summed E-state index contributed by atoms with van der Waals surface area (Å²) in [4.78, 5) is 13.6. The van der Waals surface area contributed by atoms with Crippen LogP contribution in [0.3, 0.4) is 0 Å². The number of aromatic amines is 1. The first-order valence-corrected chi connectivity index (χ1v) is 9.20. The number of H-pyrrole nitrogens is 1. The summed E-state index contributed by atoms with van der Waals surface area (Å²) < 4.78 is 26.3. The van der Waals surface area contributed by atoms with Crippen molar-refractivity contribution >= 4 is 26.9 Å². The second-order valence-electron chi connectivity index (χ2n) is 6.12. The monoisotopic (exact) mass is 339 g/mol. The summed E-state index contributed by atoms with van der Waals surface area (Å²) in [5.74, 6) is 0.575. The topological polar surface area (TPSA) is 111 Å². The smallest absolute Gasteiger partial charge is 0.214 e. The van der Waals surface area contributed by atoms with Crippen molar-refractivity contribution in [3.05, 3.63) is 18.6 Å². The Kier molecular flexibility index (Phi) is 4.26. The van der Waals surface area contributed by atoms with Crippen LogP contribution in [0, 0.1) is 0 Å². The van der Waals surface area contributed by atoms with Crippen molar-refractivity contribution in [1.82, 2.24) is 19.7 Å². The second kappa shape index (κ2) is 6.06. The third kappa shape index (κ3) is 3.46. The number of sulfonamides is 1. The molecule has 23 heavy (non-hydrogen) atoms. The van der Waals surface area contributed by atoms with Crippen molar-refractivity contribution in [1.29, 1.82) is 0 Å². The van der Waals surface area contributed by atoms with Gasteiger partial charge in [0.05, 0.1) is 17.2 Å². The summed E-state index contributed by atoms with van der Waals surface area (Å²) in [5.41, 5.74) is 0.787. The lowest BCUT2D eigenvalue weighted by Gasteiger charge is -2.41. The molecule has 1 saturated carbocycles. The number of nitrogens with zero attached hydrogens (tertiary/aromatic N) is 3. The van der Waals surface area contributed by atoms with Crippen molar-refractivity contribution in [3.63, 3.8) is 0 Å². The first-order valence-electron chi connectivity index (χ1n) is 7.54. The zero-order chi connectivity index (χ0) is 16.6. The van der Waals surface area contributed by atoms with Crippen molar-refractivity contribution in [3.8, 4) is 0 Å². The highest BCUT2D eigenvalue weighted by Gasteiger charge is 2.35. The number of hydrogen-bond acceptors (Lipinski definition) is 6. The van der Waals surface area contributed by atoms with E-state index < -0.39 is 16.1 Å². The molecule has 0 aromatic carbocycles. The minimum Gasteiger partial charge on any atom is -0.392 e. The summed E-state index contributed by atoms with van der Waals surface area (Å²) in [6, 6.07) is 2.07. The third-order valence-electron chi connectivity index (χ3n) is 4.13. The van der Waals surface area contributed by atoms with Gasteiger partial charge in [0.1, 0.15) is 17.8 Å². The Morgan fingerprint density at radius 3 is 2.91 bits per heavy atom. The predicted octanol–water partition coefficient (Wildman–Crippen LogP) is 0.225. The number of aromatic nitrogens is 3. The number of nitrogens with one attached hydrogen (secondary N) is 2. The SMILES string of the molecule is C[C@@H](O)CS(=O)(=O)NC1CC(N(C)c2ncnc3[nH]ccc23)C1. The highest BCUT2D eigenvalue weighted by atomic mass is 32.2. The lowest BCUT2D eigenvalue weighted by atomic mass is 9.86. The molecule has 0 saturated heterocycles. The fourth-order valence-electron chi connectivity index (χ4n) is 2.93. The van der Waals surface area contributed by atoms with E-state index in [1.54, 1.807) is 0 Å². The van der Waals surface area contributed by atoms with Crippen molar-refractivity contribution < 1.29 is 13.5 Å². The summed E-state index contributed by atoms with van der Waals surface area (Å²) in [7, 11) is -1.47. The molecular formula is C14H21N5O3S. The molecular weight excluding hydrogens is 318 g/mol. The van der Waals surface area contributed by atoms with Gasteiger partial charge >= 0.3 is 0 Å². The Labute approximate surface area is 135 Å². The van der Waals surface area contributed by atoms with Gasteiger partial charge in [-0.1, -0.05) is 0 Å². The van der Waals surface area contributed by atoms with Crippen LogP contribution >= 0.6 is 0 Å². The van der Waals surface area contributed by atoms with Crippen LogP contribution in [0.5, 0.6) is 0 Å². The van der Waals surface area contributed by atoms with E-state index in [0.717, 1.165) is 16.9 Å². The number of aliphatic hydroxyl groups excluding tert-OH is 1. The van der Waals surface area contributed by atoms with E-state index in [-0.39, 0.29) is 17.8 Å². The number of rotatable bonds is 6. The molecule has 2 aromatic heterocycles. The number of hydrogen-bond donors (Lipinski definition) is 3. The first kappa shape index (κ1) is 16.2. The average molecular weight is 339 g/mol. The van der Waals surface area contributed by atoms with Gasteiger partial charge in [0, 0.05) is 25.3 Å². The highest BCUT2D eigenvalue weighted by Crippen LogP contribution is 2.31. The molecule has 2 heterocycles. The quantitative estimate of drug-likeness (QED) is 0.694. The van der Waals surface area contributed by atoms with Crippen LogP contribution in [0.4, 0.5) is 5.82 Å². The summed E-state index contributed by atoms with van der Waals surface area (Å²) in [6.45, 7) is 1.47. The number of fused-ring (bicyclic) bond motifs is 1. The molecule has 1 atom stereocenters. The number of aliphatic hydroxyl groups is 1. The van der Waals surface area contributed by atoms with E-state index in [2.05, 4.69) is 24.6 Å². The largest absolute Gasteiger partial charge is 0.392 e. The minimum absolute atomic E-state index is 0.0882. The summed E-state index contributed by atoms with van der Waals surface area (Å²) >= 11 is 0. The van der Waals surface area contributed by atoms with Crippen LogP contribution < -0.4 is 9.62 Å². The molecule has 0 radical (unpaired) electrons. The van der Waals surface area contributed by atoms with Gasteiger partial charge in [-0.05, 0) is 25.8 Å². The van der Waals surface area contributed by atoms with Crippen LogP contribution in [-0.2, 0) is 10.0 Å². The molecule has 2 aromatic rings. The predicted molar refractivity (Wildman–Crippen MR) is 87.7 cm³/mol. The van der Waals surface area contributed by atoms with Gasteiger partial charge in [0.2, 0.25) is 10.0 Å². The molecule has 1 fully saturated rings. The Balaban J connectivity index is 1.62. The van der Waals surface area contributed by atoms with E-state index in [0.29, 0.717) is 12.8 Å². The summed E-state index contributed by atoms with van der Waals surface area (Å²) in [5, 5.41) is 10.2. The van der Waals surface area contributed by atoms with E-state index in [9.17, 15) is 13.5 Å². The molecule has 126 valence electrons. The fraction of sp³-hybridized carbons (Fsp3) is 0.571. The molecule has 1 aliphatic carbocycles. The molecule has 0 amide bonds. The molecule has 9 heteroatoms. The van der Waals surface area contributed by atoms with Crippen LogP contribution in [0.2, 0.25) is 0 Å². The highest BCUT2D eigenvalue weighted by molar-refractivity contribution is 7.89. The molecule has 1 aliphatic rings. The van der Waals surface area contributed by atoms with Crippen LogP contribution in [0.15, 0.2) is 18.6 Å². The van der Waals surface area contributed by atoms with E-state index in [4.69, 9.17) is 0 Å². The maximum atomic E-state index is 11.8. The lowest BCUT2D eigenvalue weighted by molar-refractivity contribution is 0.217. The van der Waals surface area contributed by atoms with Crippen molar-refractivity contribution in [2.75, 3.05) is 17.7 Å². The second-order valence-corrected chi connectivity index (χ2v) is 7.92. The van der Waals surface area contributed by atoms with Crippen LogP contribution in [0.1, 0.15) is 19.8 Å². The van der Waals surface area contributed by atoms with Crippen LogP contribution in [-0.4, -0.2) is 59.5 Å². The average Bonchev–Trinajstić information content (AvgIpc) is 2.88. The molecule has 3 rings (SSSR count). The first-order chi connectivity index (χ1) is 10.9. The van der Waals surface area contributed by atoms with E-state index >= 15 is 0 Å². The number of anilines is 1. The maximum Gasteiger partial charge on any atom is 0.214 e. The van der Waals surface area contributed by atoms with Crippen molar-refractivity contribution in [2.24, 2.45) is 0 Å². The van der Waals surface area contributed by atoms with Crippen LogP contribution in [0.25, 0.3) is 11.0 Å². The minimum atomic E-state index is -3.43. The van der Waals surface area contributed by atoms with Gasteiger partial charge in [-0.2, -0.15) is 0 Å². The molecule has 0 unspecified atom stereocenters. The van der Waals surface area contributed by atoms with Gasteiger partial charge in [-0.3, -0.25) is 0 Å². The maximum absolute atomic E-state index is 11.8. The standard InChI is InChI=1S/C14H21N5O3S/c1-9(20)7-23(21,22)18-10-5-11(6-10)19(2)14-12-3-4-15-13(12)16-8-17-14/h3-4,8-11,18,20H,5-7H2,1-2H3,(H,15,16,17)/t9-,10?,11?/m1/s1. The van der Waals surface area contributed by atoms with Gasteiger partial charge in [0.25, 0.3) is 0 Å². The zero-order valence-corrected chi connectivity index (χ0v) is 13.9. The fourth-order valence-corrected chi connectivity index (χ4v) is 4.36. The van der Waals surface area contributed by atoms with E-state index in [1.165, 1.54) is 13.3 Å². The Hall–Kier alpha value is -1.71. The van der Waals surface area contributed by atoms with Crippen molar-refractivity contribution in [2.45, 2.75) is 38.0 Å². The van der Waals surface area contributed by atoms with Gasteiger partial charge in [0.15, 0.2) is 0 Å². The lowest BCUT2D eigenvalue weighted by Crippen LogP contribution is -2.53. The van der Waals surface area contributed by atoms with E-state index in [1.807, 2.05) is 19.3 Å². The Morgan fingerprint density at radius 1 is 1.48 bits per heavy atom. The normalized spacial score (nSPS) is 22.7. The molecule has 3 N–H and O–H groups in total. The molecule has 0 spiro atoms. The third-order valence-corrected chi connectivity index (χ3v) is 5.75. The van der Waals surface area contributed by atoms with Gasteiger partial charge in [-0.25, -0.2) is 23.1 Å². The van der Waals surface area contributed by atoms with Gasteiger partial charge in [-0.15, -0.1) is 0 Å². The molecule has 0 aliphatic heterocycles. The zero-order valence-electron chi connectivity index (χ0n) is 13.1. The molecule has 0 bridgehead atoms. The molecule has 8 nitrogen and oxygen atoms in total. The Morgan fingerprint density at radius 2 is 2.22 bits per heavy atom.